The van der Waals surface area contributed by atoms with E-state index in [9.17, 15) is 0 Å². The first kappa shape index (κ1) is 6.79. The molecule has 0 aliphatic heterocycles. The van der Waals surface area contributed by atoms with E-state index in [4.69, 9.17) is 9.15 Å². The molecule has 1 saturated carbocycles. The molecule has 1 aliphatic carbocycles. The molecule has 2 rings (SSSR count). The van der Waals surface area contributed by atoms with E-state index in [0.717, 1.165) is 12.8 Å². The maximum Gasteiger partial charge on any atom is 0.306 e. The Balaban J connectivity index is 1.74. The Morgan fingerprint density at radius 2 is 2.55 bits per heavy atom. The fraction of sp³-hybridized carbons (Fsp3) is 0.714. The zero-order valence-corrected chi connectivity index (χ0v) is 6.12. The van der Waals surface area contributed by atoms with Gasteiger partial charge in [-0.25, -0.2) is 0 Å². The van der Waals surface area contributed by atoms with Crippen LogP contribution in [0.25, 0.3) is 0 Å². The lowest BCUT2D eigenvalue weighted by atomic mass is 9.96. The second kappa shape index (κ2) is 3.00. The lowest BCUT2D eigenvalue weighted by molar-refractivity contribution is -0.0177. The van der Waals surface area contributed by atoms with Gasteiger partial charge >= 0.3 is 6.39 Å². The number of ether oxygens (including phenoxy) is 1. The lowest BCUT2D eigenvalue weighted by Crippen LogP contribution is -2.21. The summed E-state index contributed by atoms with van der Waals surface area (Å²) in [7, 11) is 0. The molecule has 0 spiro atoms. The highest BCUT2D eigenvalue weighted by Crippen LogP contribution is 2.22. The van der Waals surface area contributed by atoms with Gasteiger partial charge in [-0.1, -0.05) is 0 Å². The summed E-state index contributed by atoms with van der Waals surface area (Å²) in [6.45, 7) is 0.432. The summed E-state index contributed by atoms with van der Waals surface area (Å²) in [5, 5.41) is 7.07. The summed E-state index contributed by atoms with van der Waals surface area (Å²) >= 11 is 0. The van der Waals surface area contributed by atoms with E-state index in [2.05, 4.69) is 16.6 Å². The Hall–Kier alpha value is -0.900. The van der Waals surface area contributed by atoms with Crippen LogP contribution in [0.15, 0.2) is 4.42 Å². The zero-order chi connectivity index (χ0) is 7.52. The highest BCUT2D eigenvalue weighted by molar-refractivity contribution is 4.72. The molecule has 0 unspecified atom stereocenters. The minimum Gasteiger partial charge on any atom is -0.414 e. The van der Waals surface area contributed by atoms with Crippen molar-refractivity contribution >= 4 is 0 Å². The highest BCUT2D eigenvalue weighted by atomic mass is 16.5. The molecule has 1 fully saturated rings. The summed E-state index contributed by atoms with van der Waals surface area (Å²) in [4.78, 5) is 0. The second-order valence-corrected chi connectivity index (χ2v) is 2.65. The van der Waals surface area contributed by atoms with Crippen LogP contribution in [0.5, 0.6) is 0 Å². The van der Waals surface area contributed by atoms with Crippen molar-refractivity contribution in [3.8, 4) is 0 Å². The number of nitrogens with zero attached hydrogens (tertiary/aromatic N) is 2. The summed E-state index contributed by atoms with van der Waals surface area (Å²) in [5.74, 6) is 0.511. The quantitative estimate of drug-likeness (QED) is 0.648. The Bertz CT molecular complexity index is 206. The fourth-order valence-corrected chi connectivity index (χ4v) is 0.955. The van der Waals surface area contributed by atoms with Gasteiger partial charge in [0.2, 0.25) is 5.89 Å². The average molecular weight is 153 g/mol. The van der Waals surface area contributed by atoms with Gasteiger partial charge in [0, 0.05) is 0 Å². The number of hydrogen-bond acceptors (Lipinski definition) is 4. The monoisotopic (exact) mass is 153 g/mol. The molecule has 0 N–H and O–H groups in total. The van der Waals surface area contributed by atoms with Gasteiger partial charge in [0.05, 0.1) is 6.10 Å². The third-order valence-electron chi connectivity index (χ3n) is 1.86. The Labute approximate surface area is 64.6 Å². The smallest absolute Gasteiger partial charge is 0.306 e. The van der Waals surface area contributed by atoms with Crippen LogP contribution >= 0.6 is 0 Å². The maximum absolute atomic E-state index is 5.41. The molecular formula is C7H9N2O2. The van der Waals surface area contributed by atoms with Crippen LogP contribution < -0.4 is 0 Å². The Kier molecular flexibility index (Phi) is 1.85. The van der Waals surface area contributed by atoms with E-state index in [1.54, 1.807) is 0 Å². The normalized spacial score (nSPS) is 18.2. The van der Waals surface area contributed by atoms with E-state index in [1.165, 1.54) is 6.42 Å². The molecule has 1 aromatic rings. The van der Waals surface area contributed by atoms with Gasteiger partial charge in [-0.15, -0.1) is 10.2 Å². The predicted molar refractivity (Wildman–Crippen MR) is 35.6 cm³/mol. The topological polar surface area (TPSA) is 48.2 Å². The predicted octanol–water partition coefficient (Wildman–Crippen LogP) is 0.939. The average Bonchev–Trinajstić information content (AvgIpc) is 2.36. The van der Waals surface area contributed by atoms with E-state index in [-0.39, 0.29) is 0 Å². The molecular weight excluding hydrogens is 144 g/mol. The molecule has 59 valence electrons. The van der Waals surface area contributed by atoms with Gasteiger partial charge in [-0.2, -0.15) is 0 Å². The van der Waals surface area contributed by atoms with Crippen LogP contribution in [-0.4, -0.2) is 16.3 Å². The van der Waals surface area contributed by atoms with E-state index < -0.39 is 0 Å². The number of rotatable bonds is 3. The van der Waals surface area contributed by atoms with Crippen LogP contribution in [0.2, 0.25) is 0 Å². The summed E-state index contributed by atoms with van der Waals surface area (Å²) in [5.41, 5.74) is 0. The molecule has 0 saturated heterocycles. The first-order valence-corrected chi connectivity index (χ1v) is 3.75. The van der Waals surface area contributed by atoms with Gasteiger partial charge in [-0.3, -0.25) is 0 Å². The van der Waals surface area contributed by atoms with Crippen molar-refractivity contribution in [1.29, 1.82) is 0 Å². The molecule has 0 amide bonds. The van der Waals surface area contributed by atoms with Crippen molar-refractivity contribution in [2.75, 3.05) is 0 Å². The molecule has 4 nitrogen and oxygen atoms in total. The van der Waals surface area contributed by atoms with Crippen LogP contribution in [0.1, 0.15) is 25.2 Å². The van der Waals surface area contributed by atoms with E-state index in [0.29, 0.717) is 18.6 Å². The molecule has 1 aromatic heterocycles. The van der Waals surface area contributed by atoms with Gasteiger partial charge in [0.1, 0.15) is 6.61 Å². The fourth-order valence-electron chi connectivity index (χ4n) is 0.955. The van der Waals surface area contributed by atoms with Crippen molar-refractivity contribution in [1.82, 2.24) is 10.2 Å². The first-order valence-electron chi connectivity index (χ1n) is 3.75. The third-order valence-corrected chi connectivity index (χ3v) is 1.86. The van der Waals surface area contributed by atoms with Crippen LogP contribution in [0, 0.1) is 6.39 Å². The SMILES string of the molecule is [c]1nnc(COC2CCC2)o1. The van der Waals surface area contributed by atoms with E-state index in [1.807, 2.05) is 0 Å². The Morgan fingerprint density at radius 3 is 3.09 bits per heavy atom. The van der Waals surface area contributed by atoms with Crippen molar-refractivity contribution in [3.63, 3.8) is 0 Å². The van der Waals surface area contributed by atoms with Crippen molar-refractivity contribution in [2.24, 2.45) is 0 Å². The molecule has 4 heteroatoms. The van der Waals surface area contributed by atoms with Crippen molar-refractivity contribution < 1.29 is 9.15 Å². The van der Waals surface area contributed by atoms with Crippen LogP contribution in [0.3, 0.4) is 0 Å². The van der Waals surface area contributed by atoms with Gasteiger partial charge < -0.3 is 9.15 Å². The van der Waals surface area contributed by atoms with Gasteiger partial charge in [-0.05, 0) is 19.3 Å². The molecule has 0 aromatic carbocycles. The minimum atomic E-state index is 0.418. The van der Waals surface area contributed by atoms with E-state index >= 15 is 0 Å². The summed E-state index contributed by atoms with van der Waals surface area (Å²) in [6.07, 6.45) is 6.30. The molecule has 0 atom stereocenters. The highest BCUT2D eigenvalue weighted by Gasteiger charge is 2.18. The lowest BCUT2D eigenvalue weighted by Gasteiger charge is -2.24. The van der Waals surface area contributed by atoms with Crippen LogP contribution in [0.4, 0.5) is 0 Å². The minimum absolute atomic E-state index is 0.418. The molecule has 1 radical (unpaired) electrons. The Morgan fingerprint density at radius 1 is 1.64 bits per heavy atom. The molecule has 0 bridgehead atoms. The standard InChI is InChI=1S/C7H9N2O2/c1-2-6(3-1)10-4-7-9-8-5-11-7/h6H,1-4H2. The largest absolute Gasteiger partial charge is 0.414 e. The van der Waals surface area contributed by atoms with Gasteiger partial charge in [0.15, 0.2) is 0 Å². The van der Waals surface area contributed by atoms with Gasteiger partial charge in [0.25, 0.3) is 0 Å². The molecule has 11 heavy (non-hydrogen) atoms. The first-order chi connectivity index (χ1) is 5.45. The zero-order valence-electron chi connectivity index (χ0n) is 6.12. The third kappa shape index (κ3) is 1.57. The molecule has 1 heterocycles. The maximum atomic E-state index is 5.41. The molecule has 1 aliphatic rings. The second-order valence-electron chi connectivity index (χ2n) is 2.65. The van der Waals surface area contributed by atoms with Crippen molar-refractivity contribution in [3.05, 3.63) is 12.3 Å². The van der Waals surface area contributed by atoms with Crippen LogP contribution in [-0.2, 0) is 11.3 Å². The van der Waals surface area contributed by atoms with Crippen molar-refractivity contribution in [2.45, 2.75) is 32.0 Å². The summed E-state index contributed by atoms with van der Waals surface area (Å²) < 4.78 is 10.2. The summed E-state index contributed by atoms with van der Waals surface area (Å²) in [6, 6.07) is 0. The number of aromatic nitrogens is 2. The number of hydrogen-bond donors (Lipinski definition) is 0.